The second kappa shape index (κ2) is 4.86. The summed E-state index contributed by atoms with van der Waals surface area (Å²) >= 11 is 0. The summed E-state index contributed by atoms with van der Waals surface area (Å²) in [5.74, 6) is 1.24. The van der Waals surface area contributed by atoms with Crippen LogP contribution in [0, 0.1) is 0 Å². The van der Waals surface area contributed by atoms with Crippen LogP contribution in [0.25, 0.3) is 11.5 Å². The van der Waals surface area contributed by atoms with Gasteiger partial charge in [0, 0.05) is 12.2 Å². The van der Waals surface area contributed by atoms with Crippen molar-refractivity contribution in [1.82, 2.24) is 20.0 Å². The van der Waals surface area contributed by atoms with E-state index in [1.807, 2.05) is 18.2 Å². The maximum absolute atomic E-state index is 5.29. The first-order valence-electron chi connectivity index (χ1n) is 6.35. The van der Waals surface area contributed by atoms with Crippen LogP contribution in [-0.4, -0.2) is 32.6 Å². The van der Waals surface area contributed by atoms with Crippen molar-refractivity contribution in [1.29, 1.82) is 0 Å². The normalized spacial score (nSPS) is 15.2. The molecule has 0 N–H and O–H groups in total. The zero-order chi connectivity index (χ0) is 12.4. The number of hydrogen-bond acceptors (Lipinski definition) is 5. The van der Waals surface area contributed by atoms with E-state index in [2.05, 4.69) is 26.9 Å². The number of rotatable bonds is 5. The lowest BCUT2D eigenvalue weighted by molar-refractivity contribution is 0.227. The van der Waals surface area contributed by atoms with Crippen molar-refractivity contribution in [2.24, 2.45) is 0 Å². The van der Waals surface area contributed by atoms with Crippen LogP contribution < -0.4 is 0 Å². The highest BCUT2D eigenvalue weighted by Gasteiger charge is 2.29. The van der Waals surface area contributed by atoms with Crippen molar-refractivity contribution in [3.63, 3.8) is 0 Å². The maximum Gasteiger partial charge on any atom is 0.241 e. The third-order valence-corrected chi connectivity index (χ3v) is 3.17. The van der Waals surface area contributed by atoms with E-state index in [0.29, 0.717) is 17.8 Å². The fourth-order valence-electron chi connectivity index (χ4n) is 2.03. The molecular weight excluding hydrogens is 228 g/mol. The highest BCUT2D eigenvalue weighted by atomic mass is 16.5. The van der Waals surface area contributed by atoms with Crippen LogP contribution in [-0.2, 0) is 6.54 Å². The van der Waals surface area contributed by atoms with E-state index in [0.717, 1.165) is 18.8 Å². The van der Waals surface area contributed by atoms with Crippen LogP contribution in [0.1, 0.15) is 25.7 Å². The first kappa shape index (κ1) is 11.3. The van der Waals surface area contributed by atoms with Crippen molar-refractivity contribution in [2.45, 2.75) is 32.4 Å². The molecule has 0 aliphatic heterocycles. The molecule has 1 aliphatic rings. The van der Waals surface area contributed by atoms with Gasteiger partial charge in [0.2, 0.25) is 11.7 Å². The predicted octanol–water partition coefficient (Wildman–Crippen LogP) is 2.12. The summed E-state index contributed by atoms with van der Waals surface area (Å²) in [6.45, 7) is 3.92. The zero-order valence-electron chi connectivity index (χ0n) is 10.4. The molecule has 5 heteroatoms. The van der Waals surface area contributed by atoms with Gasteiger partial charge in [-0.2, -0.15) is 4.98 Å². The summed E-state index contributed by atoms with van der Waals surface area (Å²) in [5.41, 5.74) is 0.752. The first-order valence-corrected chi connectivity index (χ1v) is 6.35. The molecule has 0 aromatic carbocycles. The second-order valence-electron chi connectivity index (χ2n) is 4.52. The van der Waals surface area contributed by atoms with Gasteiger partial charge < -0.3 is 4.52 Å². The number of pyridine rings is 1. The maximum atomic E-state index is 5.29. The van der Waals surface area contributed by atoms with Gasteiger partial charge in [0.15, 0.2) is 0 Å². The van der Waals surface area contributed by atoms with E-state index in [9.17, 15) is 0 Å². The van der Waals surface area contributed by atoms with E-state index in [-0.39, 0.29) is 0 Å². The SMILES string of the molecule is CCN(Cc1nc(-c2ccccn2)no1)C1CC1. The summed E-state index contributed by atoms with van der Waals surface area (Å²) in [4.78, 5) is 11.0. The largest absolute Gasteiger partial charge is 0.337 e. The molecule has 1 saturated carbocycles. The van der Waals surface area contributed by atoms with Crippen LogP contribution in [0.2, 0.25) is 0 Å². The lowest BCUT2D eigenvalue weighted by Crippen LogP contribution is -2.25. The van der Waals surface area contributed by atoms with E-state index < -0.39 is 0 Å². The summed E-state index contributed by atoms with van der Waals surface area (Å²) < 4.78 is 5.29. The monoisotopic (exact) mass is 244 g/mol. The van der Waals surface area contributed by atoms with Gasteiger partial charge in [-0.15, -0.1) is 0 Å². The lowest BCUT2D eigenvalue weighted by Gasteiger charge is -2.16. The summed E-state index contributed by atoms with van der Waals surface area (Å²) in [5, 5.41) is 3.98. The topological polar surface area (TPSA) is 55.1 Å². The standard InChI is InChI=1S/C13H16N4O/c1-2-17(10-6-7-10)9-12-15-13(16-18-12)11-5-3-4-8-14-11/h3-5,8,10H,2,6-7,9H2,1H3. The molecule has 3 rings (SSSR count). The molecule has 5 nitrogen and oxygen atoms in total. The molecule has 18 heavy (non-hydrogen) atoms. The quantitative estimate of drug-likeness (QED) is 0.806. The van der Waals surface area contributed by atoms with E-state index >= 15 is 0 Å². The summed E-state index contributed by atoms with van der Waals surface area (Å²) in [6, 6.07) is 6.38. The molecule has 2 aromatic heterocycles. The minimum Gasteiger partial charge on any atom is -0.337 e. The average Bonchev–Trinajstić information content (AvgIpc) is 3.16. The fraction of sp³-hybridized carbons (Fsp3) is 0.462. The molecule has 2 heterocycles. The molecule has 0 spiro atoms. The van der Waals surface area contributed by atoms with Crippen LogP contribution in [0.4, 0.5) is 0 Å². The van der Waals surface area contributed by atoms with Crippen LogP contribution in [0.5, 0.6) is 0 Å². The van der Waals surface area contributed by atoms with Gasteiger partial charge in [-0.25, -0.2) is 0 Å². The summed E-state index contributed by atoms with van der Waals surface area (Å²) in [7, 11) is 0. The Kier molecular flexibility index (Phi) is 3.06. The van der Waals surface area contributed by atoms with Gasteiger partial charge in [-0.3, -0.25) is 9.88 Å². The van der Waals surface area contributed by atoms with Gasteiger partial charge in [-0.05, 0) is 31.5 Å². The minimum atomic E-state index is 0.567. The van der Waals surface area contributed by atoms with Gasteiger partial charge in [0.05, 0.1) is 6.54 Å². The van der Waals surface area contributed by atoms with Gasteiger partial charge in [0.25, 0.3) is 0 Å². The van der Waals surface area contributed by atoms with Crippen molar-refractivity contribution in [2.75, 3.05) is 6.54 Å². The average molecular weight is 244 g/mol. The van der Waals surface area contributed by atoms with Crippen molar-refractivity contribution in [3.8, 4) is 11.5 Å². The third kappa shape index (κ3) is 2.41. The molecule has 1 aliphatic carbocycles. The van der Waals surface area contributed by atoms with Gasteiger partial charge in [-0.1, -0.05) is 18.1 Å². The number of nitrogens with zero attached hydrogens (tertiary/aromatic N) is 4. The van der Waals surface area contributed by atoms with Crippen LogP contribution in [0.15, 0.2) is 28.9 Å². The fourth-order valence-corrected chi connectivity index (χ4v) is 2.03. The van der Waals surface area contributed by atoms with Crippen LogP contribution >= 0.6 is 0 Å². The highest BCUT2D eigenvalue weighted by Crippen LogP contribution is 2.27. The van der Waals surface area contributed by atoms with E-state index in [1.165, 1.54) is 12.8 Å². The molecule has 0 atom stereocenters. The molecular formula is C13H16N4O. The van der Waals surface area contributed by atoms with E-state index in [1.54, 1.807) is 6.20 Å². The lowest BCUT2D eigenvalue weighted by atomic mass is 10.3. The predicted molar refractivity (Wildman–Crippen MR) is 66.6 cm³/mol. The second-order valence-corrected chi connectivity index (χ2v) is 4.52. The first-order chi connectivity index (χ1) is 8.86. The number of aromatic nitrogens is 3. The Morgan fingerprint density at radius 1 is 1.39 bits per heavy atom. The Morgan fingerprint density at radius 2 is 2.28 bits per heavy atom. The molecule has 0 bridgehead atoms. The Morgan fingerprint density at radius 3 is 2.94 bits per heavy atom. The third-order valence-electron chi connectivity index (χ3n) is 3.17. The smallest absolute Gasteiger partial charge is 0.241 e. The molecule has 1 fully saturated rings. The molecule has 0 saturated heterocycles. The van der Waals surface area contributed by atoms with Crippen molar-refractivity contribution < 1.29 is 4.52 Å². The Balaban J connectivity index is 1.73. The molecule has 0 amide bonds. The van der Waals surface area contributed by atoms with Crippen molar-refractivity contribution >= 4 is 0 Å². The minimum absolute atomic E-state index is 0.567. The molecule has 0 unspecified atom stereocenters. The van der Waals surface area contributed by atoms with Crippen molar-refractivity contribution in [3.05, 3.63) is 30.3 Å². The van der Waals surface area contributed by atoms with Gasteiger partial charge >= 0.3 is 0 Å². The molecule has 94 valence electrons. The van der Waals surface area contributed by atoms with E-state index in [4.69, 9.17) is 4.52 Å². The van der Waals surface area contributed by atoms with Gasteiger partial charge in [0.1, 0.15) is 5.69 Å². The Hall–Kier alpha value is -1.75. The highest BCUT2D eigenvalue weighted by molar-refractivity contribution is 5.46. The molecule has 2 aromatic rings. The Bertz CT molecular complexity index is 507. The summed E-state index contributed by atoms with van der Waals surface area (Å²) in [6.07, 6.45) is 4.30. The number of hydrogen-bond donors (Lipinski definition) is 0. The Labute approximate surface area is 106 Å². The molecule has 0 radical (unpaired) electrons. The van der Waals surface area contributed by atoms with Crippen LogP contribution in [0.3, 0.4) is 0 Å². The zero-order valence-corrected chi connectivity index (χ0v) is 10.4.